The number of carbonyl (C=O) groups excluding carboxylic acids is 1. The van der Waals surface area contributed by atoms with Crippen molar-refractivity contribution >= 4 is 5.97 Å². The van der Waals surface area contributed by atoms with Crippen molar-refractivity contribution in [1.29, 1.82) is 0 Å². The summed E-state index contributed by atoms with van der Waals surface area (Å²) in [5, 5.41) is 0. The SMILES string of the molecule is CCc1ccc(C2CCC(OC(=O)c3ccc(C4CCC(C)CC4)c(F)c3F)CC2)cc1F. The molecule has 4 rings (SSSR count). The number of ether oxygens (including phenoxy) is 1. The first-order chi connectivity index (χ1) is 15.9. The highest BCUT2D eigenvalue weighted by molar-refractivity contribution is 5.90. The Balaban J connectivity index is 1.36. The van der Waals surface area contributed by atoms with E-state index in [9.17, 15) is 18.0 Å². The van der Waals surface area contributed by atoms with Gasteiger partial charge in [-0.3, -0.25) is 0 Å². The first-order valence-electron chi connectivity index (χ1n) is 12.3. The minimum Gasteiger partial charge on any atom is -0.459 e. The summed E-state index contributed by atoms with van der Waals surface area (Å²) in [7, 11) is 0. The Morgan fingerprint density at radius 3 is 2.18 bits per heavy atom. The molecule has 178 valence electrons. The number of halogens is 3. The predicted octanol–water partition coefficient (Wildman–Crippen LogP) is 7.84. The zero-order valence-corrected chi connectivity index (χ0v) is 19.5. The van der Waals surface area contributed by atoms with E-state index in [0.717, 1.165) is 44.1 Å². The maximum absolute atomic E-state index is 14.8. The molecule has 0 radical (unpaired) electrons. The first-order valence-corrected chi connectivity index (χ1v) is 12.3. The molecule has 2 nitrogen and oxygen atoms in total. The minimum atomic E-state index is -1.10. The van der Waals surface area contributed by atoms with Crippen LogP contribution in [-0.2, 0) is 11.2 Å². The molecule has 0 amide bonds. The summed E-state index contributed by atoms with van der Waals surface area (Å²) in [4.78, 5) is 12.6. The maximum atomic E-state index is 14.8. The smallest absolute Gasteiger partial charge is 0.341 e. The zero-order chi connectivity index (χ0) is 23.5. The second kappa shape index (κ2) is 10.3. The van der Waals surface area contributed by atoms with E-state index in [4.69, 9.17) is 4.74 Å². The van der Waals surface area contributed by atoms with Gasteiger partial charge in [-0.15, -0.1) is 0 Å². The van der Waals surface area contributed by atoms with Gasteiger partial charge in [0.2, 0.25) is 0 Å². The molecule has 0 saturated heterocycles. The lowest BCUT2D eigenvalue weighted by Gasteiger charge is -2.29. The van der Waals surface area contributed by atoms with Crippen LogP contribution in [0.3, 0.4) is 0 Å². The first kappa shape index (κ1) is 23.8. The lowest BCUT2D eigenvalue weighted by atomic mass is 9.79. The fourth-order valence-corrected chi connectivity index (χ4v) is 5.44. The number of rotatable bonds is 5. The third-order valence-electron chi connectivity index (χ3n) is 7.67. The van der Waals surface area contributed by atoms with Crippen molar-refractivity contribution in [3.05, 3.63) is 70.0 Å². The second-order valence-corrected chi connectivity index (χ2v) is 9.87. The van der Waals surface area contributed by atoms with Crippen LogP contribution < -0.4 is 0 Å². The molecular formula is C28H33F3O2. The number of benzene rings is 2. The van der Waals surface area contributed by atoms with Crippen LogP contribution in [0.2, 0.25) is 0 Å². The van der Waals surface area contributed by atoms with Crippen molar-refractivity contribution in [2.24, 2.45) is 5.92 Å². The molecule has 33 heavy (non-hydrogen) atoms. The van der Waals surface area contributed by atoms with Gasteiger partial charge < -0.3 is 4.74 Å². The highest BCUT2D eigenvalue weighted by atomic mass is 19.2. The average Bonchev–Trinajstić information content (AvgIpc) is 2.82. The van der Waals surface area contributed by atoms with Crippen molar-refractivity contribution in [3.63, 3.8) is 0 Å². The van der Waals surface area contributed by atoms with E-state index in [1.54, 1.807) is 12.1 Å². The average molecular weight is 459 g/mol. The largest absolute Gasteiger partial charge is 0.459 e. The van der Waals surface area contributed by atoms with Crippen LogP contribution in [0.25, 0.3) is 0 Å². The number of hydrogen-bond acceptors (Lipinski definition) is 2. The summed E-state index contributed by atoms with van der Waals surface area (Å²) in [6.45, 7) is 4.11. The predicted molar refractivity (Wildman–Crippen MR) is 123 cm³/mol. The van der Waals surface area contributed by atoms with E-state index in [2.05, 4.69) is 6.92 Å². The van der Waals surface area contributed by atoms with Crippen molar-refractivity contribution in [2.45, 2.75) is 89.6 Å². The summed E-state index contributed by atoms with van der Waals surface area (Å²) in [6.07, 6.45) is 6.79. The van der Waals surface area contributed by atoms with E-state index >= 15 is 0 Å². The van der Waals surface area contributed by atoms with E-state index in [-0.39, 0.29) is 29.3 Å². The van der Waals surface area contributed by atoms with E-state index in [1.165, 1.54) is 6.07 Å². The molecule has 0 aliphatic heterocycles. The Hall–Kier alpha value is -2.30. The molecule has 0 spiro atoms. The molecule has 0 atom stereocenters. The molecule has 0 N–H and O–H groups in total. The molecule has 2 aliphatic carbocycles. The van der Waals surface area contributed by atoms with Crippen molar-refractivity contribution < 1.29 is 22.7 Å². The Labute approximate surface area is 194 Å². The molecule has 2 aliphatic rings. The van der Waals surface area contributed by atoms with Gasteiger partial charge in [0.1, 0.15) is 11.9 Å². The summed E-state index contributed by atoms with van der Waals surface area (Å²) < 4.78 is 49.2. The Kier molecular flexibility index (Phi) is 7.45. The van der Waals surface area contributed by atoms with Crippen LogP contribution >= 0.6 is 0 Å². The summed E-state index contributed by atoms with van der Waals surface area (Å²) in [6, 6.07) is 8.36. The van der Waals surface area contributed by atoms with E-state index < -0.39 is 17.6 Å². The highest BCUT2D eigenvalue weighted by Crippen LogP contribution is 2.38. The maximum Gasteiger partial charge on any atom is 0.341 e. The summed E-state index contributed by atoms with van der Waals surface area (Å²) >= 11 is 0. The fourth-order valence-electron chi connectivity index (χ4n) is 5.44. The third-order valence-corrected chi connectivity index (χ3v) is 7.67. The molecule has 0 aromatic heterocycles. The monoisotopic (exact) mass is 458 g/mol. The van der Waals surface area contributed by atoms with Gasteiger partial charge in [0.15, 0.2) is 11.6 Å². The number of esters is 1. The molecule has 0 bridgehead atoms. The van der Waals surface area contributed by atoms with Crippen LogP contribution in [0.4, 0.5) is 13.2 Å². The van der Waals surface area contributed by atoms with Crippen molar-refractivity contribution in [1.82, 2.24) is 0 Å². The van der Waals surface area contributed by atoms with Gasteiger partial charge in [0.25, 0.3) is 0 Å². The van der Waals surface area contributed by atoms with Gasteiger partial charge in [-0.05, 0) is 91.5 Å². The van der Waals surface area contributed by atoms with Crippen LogP contribution in [0.5, 0.6) is 0 Å². The van der Waals surface area contributed by atoms with Crippen LogP contribution in [0.15, 0.2) is 30.3 Å². The van der Waals surface area contributed by atoms with Gasteiger partial charge >= 0.3 is 5.97 Å². The number of carbonyl (C=O) groups is 1. The molecule has 2 fully saturated rings. The van der Waals surface area contributed by atoms with E-state index in [1.807, 2.05) is 19.1 Å². The molecule has 0 heterocycles. The van der Waals surface area contributed by atoms with Crippen molar-refractivity contribution in [3.8, 4) is 0 Å². The standard InChI is InChI=1S/C28H33F3O2/c1-3-18-8-9-21(16-25(18)29)19-10-12-22(13-11-19)33-28(32)24-15-14-23(26(30)27(24)31)20-6-4-17(2)5-7-20/h8-9,14-17,19-20,22H,3-7,10-13H2,1-2H3. The lowest BCUT2D eigenvalue weighted by molar-refractivity contribution is 0.0189. The lowest BCUT2D eigenvalue weighted by Crippen LogP contribution is -2.25. The summed E-state index contributed by atoms with van der Waals surface area (Å²) in [5.74, 6) is -2.15. The van der Waals surface area contributed by atoms with Gasteiger partial charge in [0.05, 0.1) is 5.56 Å². The molecule has 5 heteroatoms. The van der Waals surface area contributed by atoms with Gasteiger partial charge in [-0.2, -0.15) is 0 Å². The van der Waals surface area contributed by atoms with Gasteiger partial charge in [0, 0.05) is 0 Å². The van der Waals surface area contributed by atoms with Crippen LogP contribution in [0.1, 0.15) is 104 Å². The molecule has 0 unspecified atom stereocenters. The topological polar surface area (TPSA) is 26.3 Å². The Morgan fingerprint density at radius 2 is 1.55 bits per heavy atom. The Bertz CT molecular complexity index is 987. The van der Waals surface area contributed by atoms with Crippen LogP contribution in [-0.4, -0.2) is 12.1 Å². The third kappa shape index (κ3) is 5.28. The molecule has 2 saturated carbocycles. The van der Waals surface area contributed by atoms with Gasteiger partial charge in [-0.25, -0.2) is 18.0 Å². The number of hydrogen-bond donors (Lipinski definition) is 0. The van der Waals surface area contributed by atoms with Gasteiger partial charge in [-0.1, -0.05) is 44.9 Å². The molecule has 2 aromatic rings. The van der Waals surface area contributed by atoms with Crippen molar-refractivity contribution in [2.75, 3.05) is 0 Å². The minimum absolute atomic E-state index is 0.00674. The van der Waals surface area contributed by atoms with E-state index in [0.29, 0.717) is 36.3 Å². The highest BCUT2D eigenvalue weighted by Gasteiger charge is 2.29. The fraction of sp³-hybridized carbons (Fsp3) is 0.536. The Morgan fingerprint density at radius 1 is 0.879 bits per heavy atom. The quantitative estimate of drug-likeness (QED) is 0.427. The normalized spacial score (nSPS) is 25.6. The zero-order valence-electron chi connectivity index (χ0n) is 19.5. The molecule has 2 aromatic carbocycles. The second-order valence-electron chi connectivity index (χ2n) is 9.87. The summed E-state index contributed by atoms with van der Waals surface area (Å²) in [5.41, 5.74) is 1.72. The number of aryl methyl sites for hydroxylation is 1. The molecular weight excluding hydrogens is 425 g/mol. The van der Waals surface area contributed by atoms with Crippen LogP contribution in [0, 0.1) is 23.4 Å².